The van der Waals surface area contributed by atoms with Gasteiger partial charge in [0, 0.05) is 37.8 Å². The van der Waals surface area contributed by atoms with Crippen molar-refractivity contribution in [1.82, 2.24) is 14.9 Å². The molecule has 0 unspecified atom stereocenters. The number of benzene rings is 1. The van der Waals surface area contributed by atoms with E-state index in [0.29, 0.717) is 18.9 Å². The molecule has 0 saturated carbocycles. The number of rotatable bonds is 8. The second-order valence-corrected chi connectivity index (χ2v) is 5.82. The Hall–Kier alpha value is -2.10. The van der Waals surface area contributed by atoms with Crippen molar-refractivity contribution in [3.63, 3.8) is 0 Å². The second kappa shape index (κ2) is 8.37. The van der Waals surface area contributed by atoms with Crippen molar-refractivity contribution in [2.24, 2.45) is 0 Å². The van der Waals surface area contributed by atoms with E-state index in [1.807, 2.05) is 24.4 Å². The third-order valence-corrected chi connectivity index (χ3v) is 3.65. The van der Waals surface area contributed by atoms with Crippen molar-refractivity contribution in [1.29, 1.82) is 0 Å². The summed E-state index contributed by atoms with van der Waals surface area (Å²) in [6, 6.07) is 10.4. The number of nitrogens with zero attached hydrogens (tertiary/aromatic N) is 2. The lowest BCUT2D eigenvalue weighted by atomic mass is 10.1. The Morgan fingerprint density at radius 3 is 2.77 bits per heavy atom. The van der Waals surface area contributed by atoms with Crippen LogP contribution in [-0.2, 0) is 17.8 Å². The number of hydrogen-bond acceptors (Lipinski definition) is 2. The van der Waals surface area contributed by atoms with E-state index in [-0.39, 0.29) is 5.91 Å². The predicted octanol–water partition coefficient (Wildman–Crippen LogP) is 3.15. The highest BCUT2D eigenvalue weighted by Crippen LogP contribution is 2.11. The second-order valence-electron chi connectivity index (χ2n) is 5.82. The molecule has 1 aromatic carbocycles. The van der Waals surface area contributed by atoms with Gasteiger partial charge in [-0.15, -0.1) is 0 Å². The molecule has 4 nitrogen and oxygen atoms in total. The molecule has 118 valence electrons. The van der Waals surface area contributed by atoms with Gasteiger partial charge >= 0.3 is 0 Å². The summed E-state index contributed by atoms with van der Waals surface area (Å²) < 4.78 is 2.06. The monoisotopic (exact) mass is 299 g/mol. The zero-order valence-corrected chi connectivity index (χ0v) is 13.5. The van der Waals surface area contributed by atoms with Crippen LogP contribution in [0.4, 0.5) is 0 Å². The SMILES string of the molecule is CC(C)c1nccn1CCC(=O)NCCCc1ccccc1. The van der Waals surface area contributed by atoms with E-state index >= 15 is 0 Å². The number of carbonyl (C=O) groups excluding carboxylic acids is 1. The summed E-state index contributed by atoms with van der Waals surface area (Å²) in [6.07, 6.45) is 6.21. The molecule has 0 radical (unpaired) electrons. The van der Waals surface area contributed by atoms with Gasteiger partial charge < -0.3 is 9.88 Å². The van der Waals surface area contributed by atoms with Gasteiger partial charge in [-0.25, -0.2) is 4.98 Å². The number of aromatic nitrogens is 2. The van der Waals surface area contributed by atoms with E-state index in [2.05, 4.69) is 40.8 Å². The molecule has 1 heterocycles. The van der Waals surface area contributed by atoms with Crippen molar-refractivity contribution in [2.45, 2.75) is 45.6 Å². The first-order valence-electron chi connectivity index (χ1n) is 7.98. The van der Waals surface area contributed by atoms with Crippen molar-refractivity contribution >= 4 is 5.91 Å². The first-order valence-corrected chi connectivity index (χ1v) is 7.98. The fraction of sp³-hybridized carbons (Fsp3) is 0.444. The van der Waals surface area contributed by atoms with E-state index in [1.165, 1.54) is 5.56 Å². The normalized spacial score (nSPS) is 10.9. The van der Waals surface area contributed by atoms with Gasteiger partial charge in [0.2, 0.25) is 5.91 Å². The minimum atomic E-state index is 0.108. The smallest absolute Gasteiger partial charge is 0.221 e. The third-order valence-electron chi connectivity index (χ3n) is 3.65. The molecule has 1 aromatic heterocycles. The van der Waals surface area contributed by atoms with Crippen LogP contribution < -0.4 is 5.32 Å². The first kappa shape index (κ1) is 16.3. The quantitative estimate of drug-likeness (QED) is 0.761. The van der Waals surface area contributed by atoms with Gasteiger partial charge in [0.1, 0.15) is 5.82 Å². The number of aryl methyl sites for hydroxylation is 2. The third kappa shape index (κ3) is 5.02. The van der Waals surface area contributed by atoms with Gasteiger partial charge in [0.25, 0.3) is 0 Å². The lowest BCUT2D eigenvalue weighted by Gasteiger charge is -2.10. The van der Waals surface area contributed by atoms with Gasteiger partial charge in [0.05, 0.1) is 0 Å². The molecule has 0 atom stereocenters. The minimum absolute atomic E-state index is 0.108. The average molecular weight is 299 g/mol. The van der Waals surface area contributed by atoms with Crippen LogP contribution in [0.2, 0.25) is 0 Å². The Labute approximate surface area is 132 Å². The van der Waals surface area contributed by atoms with Crippen LogP contribution in [0.3, 0.4) is 0 Å². The highest BCUT2D eigenvalue weighted by atomic mass is 16.1. The standard InChI is InChI=1S/C18H25N3O/c1-15(2)18-20-12-14-21(18)13-10-17(22)19-11-6-9-16-7-4-3-5-8-16/h3-5,7-8,12,14-15H,6,9-11,13H2,1-2H3,(H,19,22). The van der Waals surface area contributed by atoms with Crippen LogP contribution in [0, 0.1) is 0 Å². The highest BCUT2D eigenvalue weighted by molar-refractivity contribution is 5.75. The fourth-order valence-corrected chi connectivity index (χ4v) is 2.49. The first-order chi connectivity index (χ1) is 10.7. The molecule has 2 rings (SSSR count). The molecule has 0 bridgehead atoms. The lowest BCUT2D eigenvalue weighted by molar-refractivity contribution is -0.121. The summed E-state index contributed by atoms with van der Waals surface area (Å²) >= 11 is 0. The lowest BCUT2D eigenvalue weighted by Crippen LogP contribution is -2.26. The van der Waals surface area contributed by atoms with E-state index in [1.54, 1.807) is 6.20 Å². The molecule has 0 saturated heterocycles. The van der Waals surface area contributed by atoms with Crippen molar-refractivity contribution < 1.29 is 4.79 Å². The molecule has 2 aromatic rings. The fourth-order valence-electron chi connectivity index (χ4n) is 2.49. The maximum absolute atomic E-state index is 11.9. The van der Waals surface area contributed by atoms with Crippen molar-refractivity contribution in [2.75, 3.05) is 6.54 Å². The molecule has 0 aliphatic rings. The maximum Gasteiger partial charge on any atom is 0.221 e. The molecular weight excluding hydrogens is 274 g/mol. The van der Waals surface area contributed by atoms with E-state index < -0.39 is 0 Å². The topological polar surface area (TPSA) is 46.9 Å². The Morgan fingerprint density at radius 2 is 2.05 bits per heavy atom. The van der Waals surface area contributed by atoms with Crippen molar-refractivity contribution in [3.8, 4) is 0 Å². The number of carbonyl (C=O) groups is 1. The van der Waals surface area contributed by atoms with Crippen LogP contribution in [0.25, 0.3) is 0 Å². The van der Waals surface area contributed by atoms with E-state index in [4.69, 9.17) is 0 Å². The Bertz CT molecular complexity index is 575. The Balaban J connectivity index is 1.65. The molecule has 0 fully saturated rings. The summed E-state index contributed by atoms with van der Waals surface area (Å²) in [6.45, 7) is 5.65. The molecule has 0 spiro atoms. The predicted molar refractivity (Wildman–Crippen MR) is 88.7 cm³/mol. The zero-order valence-electron chi connectivity index (χ0n) is 13.5. The number of nitrogens with one attached hydrogen (secondary N) is 1. The summed E-state index contributed by atoms with van der Waals surface area (Å²) in [7, 11) is 0. The van der Waals surface area contributed by atoms with Crippen LogP contribution >= 0.6 is 0 Å². The largest absolute Gasteiger partial charge is 0.356 e. The van der Waals surface area contributed by atoms with E-state index in [0.717, 1.165) is 25.2 Å². The molecule has 1 N–H and O–H groups in total. The van der Waals surface area contributed by atoms with Crippen LogP contribution in [0.5, 0.6) is 0 Å². The van der Waals surface area contributed by atoms with Gasteiger partial charge in [-0.05, 0) is 18.4 Å². The van der Waals surface area contributed by atoms with Gasteiger partial charge in [-0.2, -0.15) is 0 Å². The van der Waals surface area contributed by atoms with Crippen LogP contribution in [-0.4, -0.2) is 22.0 Å². The van der Waals surface area contributed by atoms with Gasteiger partial charge in [0.15, 0.2) is 0 Å². The zero-order chi connectivity index (χ0) is 15.8. The summed E-state index contributed by atoms with van der Waals surface area (Å²) in [4.78, 5) is 16.2. The Kier molecular flexibility index (Phi) is 6.19. The minimum Gasteiger partial charge on any atom is -0.356 e. The summed E-state index contributed by atoms with van der Waals surface area (Å²) in [5.41, 5.74) is 1.32. The molecule has 4 heteroatoms. The summed E-state index contributed by atoms with van der Waals surface area (Å²) in [5, 5.41) is 2.99. The summed E-state index contributed by atoms with van der Waals surface area (Å²) in [5.74, 6) is 1.53. The van der Waals surface area contributed by atoms with Gasteiger partial charge in [-0.1, -0.05) is 44.2 Å². The molecule has 22 heavy (non-hydrogen) atoms. The molecule has 1 amide bonds. The van der Waals surface area contributed by atoms with Crippen molar-refractivity contribution in [3.05, 3.63) is 54.1 Å². The average Bonchev–Trinajstić information content (AvgIpc) is 2.99. The number of hydrogen-bond donors (Lipinski definition) is 1. The molecule has 0 aliphatic heterocycles. The number of amides is 1. The number of imidazole rings is 1. The highest BCUT2D eigenvalue weighted by Gasteiger charge is 2.08. The van der Waals surface area contributed by atoms with Crippen LogP contribution in [0.1, 0.15) is 44.0 Å². The Morgan fingerprint density at radius 1 is 1.27 bits per heavy atom. The molecular formula is C18H25N3O. The maximum atomic E-state index is 11.9. The van der Waals surface area contributed by atoms with Gasteiger partial charge in [-0.3, -0.25) is 4.79 Å². The molecule has 0 aliphatic carbocycles. The van der Waals surface area contributed by atoms with Crippen LogP contribution in [0.15, 0.2) is 42.7 Å². The van der Waals surface area contributed by atoms with E-state index in [9.17, 15) is 4.79 Å².